The summed E-state index contributed by atoms with van der Waals surface area (Å²) in [5, 5.41) is 13.3. The van der Waals surface area contributed by atoms with Crippen molar-refractivity contribution in [3.05, 3.63) is 124 Å². The van der Waals surface area contributed by atoms with Gasteiger partial charge in [-0.05, 0) is 48.0 Å². The SMILES string of the molecule is O=C(Nc1ccc(N2Cc3ccccc3OC(c3ccccc3)C2)c(C(=O)O)c1)c1cccc(Cl)c1. The summed E-state index contributed by atoms with van der Waals surface area (Å²) in [7, 11) is 0. The number of carbonyl (C=O) groups excluding carboxylic acids is 1. The van der Waals surface area contributed by atoms with E-state index < -0.39 is 5.97 Å². The molecule has 4 aromatic carbocycles. The number of nitrogens with zero attached hydrogens (tertiary/aromatic N) is 1. The molecule has 0 saturated carbocycles. The third kappa shape index (κ3) is 5.04. The Morgan fingerprint density at radius 2 is 1.69 bits per heavy atom. The fourth-order valence-corrected chi connectivity index (χ4v) is 4.52. The molecule has 1 aliphatic rings. The van der Waals surface area contributed by atoms with Crippen molar-refractivity contribution in [1.29, 1.82) is 0 Å². The number of hydrogen-bond donors (Lipinski definition) is 2. The predicted molar refractivity (Wildman–Crippen MR) is 140 cm³/mol. The molecule has 0 radical (unpaired) electrons. The zero-order valence-electron chi connectivity index (χ0n) is 19.2. The van der Waals surface area contributed by atoms with Crippen molar-refractivity contribution in [2.75, 3.05) is 16.8 Å². The van der Waals surface area contributed by atoms with E-state index in [1.807, 2.05) is 59.5 Å². The monoisotopic (exact) mass is 498 g/mol. The first kappa shape index (κ1) is 23.5. The molecule has 1 unspecified atom stereocenters. The Labute approximate surface area is 213 Å². The van der Waals surface area contributed by atoms with Gasteiger partial charge in [-0.25, -0.2) is 4.79 Å². The Balaban J connectivity index is 1.49. The van der Waals surface area contributed by atoms with E-state index in [9.17, 15) is 14.7 Å². The van der Waals surface area contributed by atoms with Gasteiger partial charge in [-0.2, -0.15) is 0 Å². The molecule has 0 aromatic heterocycles. The molecule has 5 rings (SSSR count). The number of carbonyl (C=O) groups is 2. The smallest absolute Gasteiger partial charge is 0.337 e. The van der Waals surface area contributed by atoms with E-state index in [1.165, 1.54) is 6.07 Å². The second kappa shape index (κ2) is 10.1. The van der Waals surface area contributed by atoms with E-state index in [1.54, 1.807) is 36.4 Å². The molecule has 4 aromatic rings. The van der Waals surface area contributed by atoms with Gasteiger partial charge in [0.2, 0.25) is 0 Å². The Hall–Kier alpha value is -4.29. The molecular formula is C29H23ClN2O4. The summed E-state index contributed by atoms with van der Waals surface area (Å²) < 4.78 is 6.37. The van der Waals surface area contributed by atoms with Crippen LogP contribution < -0.4 is 15.0 Å². The summed E-state index contributed by atoms with van der Waals surface area (Å²) in [5.41, 5.74) is 3.37. The van der Waals surface area contributed by atoms with Gasteiger partial charge in [0.1, 0.15) is 11.9 Å². The van der Waals surface area contributed by atoms with Gasteiger partial charge >= 0.3 is 5.97 Å². The average Bonchev–Trinajstić information content (AvgIpc) is 3.09. The second-order valence-electron chi connectivity index (χ2n) is 8.51. The third-order valence-corrected chi connectivity index (χ3v) is 6.31. The number of amides is 1. The highest BCUT2D eigenvalue weighted by Gasteiger charge is 2.27. The number of benzene rings is 4. The summed E-state index contributed by atoms with van der Waals surface area (Å²) >= 11 is 6.00. The minimum Gasteiger partial charge on any atom is -0.484 e. The number of anilines is 2. The molecule has 2 N–H and O–H groups in total. The molecule has 0 fully saturated rings. The number of carboxylic acids is 1. The van der Waals surface area contributed by atoms with Crippen LogP contribution in [0.2, 0.25) is 5.02 Å². The van der Waals surface area contributed by atoms with Crippen molar-refractivity contribution in [1.82, 2.24) is 0 Å². The Kier molecular flexibility index (Phi) is 6.60. The first-order chi connectivity index (χ1) is 17.5. The van der Waals surface area contributed by atoms with Gasteiger partial charge in [0.25, 0.3) is 5.91 Å². The molecule has 0 aliphatic carbocycles. The first-order valence-corrected chi connectivity index (χ1v) is 11.8. The number of para-hydroxylation sites is 1. The van der Waals surface area contributed by atoms with Crippen molar-refractivity contribution in [2.24, 2.45) is 0 Å². The van der Waals surface area contributed by atoms with Gasteiger partial charge < -0.3 is 20.1 Å². The first-order valence-electron chi connectivity index (χ1n) is 11.5. The van der Waals surface area contributed by atoms with Crippen LogP contribution in [0.25, 0.3) is 0 Å². The average molecular weight is 499 g/mol. The summed E-state index contributed by atoms with van der Waals surface area (Å²) in [6, 6.07) is 29.1. The number of aromatic carboxylic acids is 1. The molecule has 1 aliphatic heterocycles. The molecule has 6 nitrogen and oxygen atoms in total. The molecule has 7 heteroatoms. The molecule has 0 saturated heterocycles. The number of carboxylic acid groups (broad SMARTS) is 1. The fraction of sp³-hybridized carbons (Fsp3) is 0.103. The third-order valence-electron chi connectivity index (χ3n) is 6.07. The van der Waals surface area contributed by atoms with Crippen LogP contribution in [0, 0.1) is 0 Å². The van der Waals surface area contributed by atoms with Gasteiger partial charge in [0.05, 0.1) is 17.8 Å². The summed E-state index contributed by atoms with van der Waals surface area (Å²) in [4.78, 5) is 27.0. The Bertz CT molecular complexity index is 1420. The zero-order valence-corrected chi connectivity index (χ0v) is 20.0. The van der Waals surface area contributed by atoms with E-state index in [2.05, 4.69) is 5.32 Å². The van der Waals surface area contributed by atoms with Crippen molar-refractivity contribution >= 4 is 34.9 Å². The molecule has 180 valence electrons. The van der Waals surface area contributed by atoms with E-state index in [0.29, 0.717) is 35.1 Å². The maximum atomic E-state index is 12.7. The molecule has 1 amide bonds. The highest BCUT2D eigenvalue weighted by Crippen LogP contribution is 2.35. The predicted octanol–water partition coefficient (Wildman–Crippen LogP) is 6.43. The molecule has 1 atom stereocenters. The standard InChI is InChI=1S/C29H23ClN2O4/c30-22-11-6-10-20(15-22)28(33)31-23-13-14-25(24(16-23)29(34)35)32-17-21-9-4-5-12-26(21)36-27(18-32)19-7-2-1-3-8-19/h1-16,27H,17-18H2,(H,31,33)(H,34,35). The molecule has 0 spiro atoms. The van der Waals surface area contributed by atoms with Crippen LogP contribution in [0.4, 0.5) is 11.4 Å². The van der Waals surface area contributed by atoms with E-state index in [0.717, 1.165) is 16.9 Å². The van der Waals surface area contributed by atoms with E-state index in [-0.39, 0.29) is 17.6 Å². The molecule has 36 heavy (non-hydrogen) atoms. The number of ether oxygens (including phenoxy) is 1. The number of halogens is 1. The van der Waals surface area contributed by atoms with E-state index in [4.69, 9.17) is 16.3 Å². The van der Waals surface area contributed by atoms with Crippen LogP contribution in [0.3, 0.4) is 0 Å². The lowest BCUT2D eigenvalue weighted by molar-refractivity contribution is 0.0697. The minimum absolute atomic E-state index is 0.0880. The van der Waals surface area contributed by atoms with Crippen LogP contribution in [0.1, 0.15) is 37.9 Å². The molecule has 0 bridgehead atoms. The van der Waals surface area contributed by atoms with E-state index >= 15 is 0 Å². The Morgan fingerprint density at radius 1 is 0.917 bits per heavy atom. The highest BCUT2D eigenvalue weighted by atomic mass is 35.5. The van der Waals surface area contributed by atoms with Gasteiger partial charge in [-0.3, -0.25) is 4.79 Å². The number of hydrogen-bond acceptors (Lipinski definition) is 4. The lowest BCUT2D eigenvalue weighted by Gasteiger charge is -2.27. The van der Waals surface area contributed by atoms with Crippen molar-refractivity contribution in [2.45, 2.75) is 12.6 Å². The lowest BCUT2D eigenvalue weighted by atomic mass is 10.1. The quantitative estimate of drug-likeness (QED) is 0.331. The van der Waals surface area contributed by atoms with Crippen molar-refractivity contribution in [3.8, 4) is 5.75 Å². The number of nitrogens with one attached hydrogen (secondary N) is 1. The van der Waals surface area contributed by atoms with Crippen LogP contribution >= 0.6 is 11.6 Å². The summed E-state index contributed by atoms with van der Waals surface area (Å²) in [6.45, 7) is 0.932. The van der Waals surface area contributed by atoms with Crippen molar-refractivity contribution < 1.29 is 19.4 Å². The maximum Gasteiger partial charge on any atom is 0.337 e. The number of rotatable bonds is 5. The highest BCUT2D eigenvalue weighted by molar-refractivity contribution is 6.31. The zero-order chi connectivity index (χ0) is 25.1. The second-order valence-corrected chi connectivity index (χ2v) is 8.94. The van der Waals surface area contributed by atoms with Crippen LogP contribution in [-0.4, -0.2) is 23.5 Å². The topological polar surface area (TPSA) is 78.9 Å². The normalized spacial score (nSPS) is 14.8. The largest absolute Gasteiger partial charge is 0.484 e. The summed E-state index contributed by atoms with van der Waals surface area (Å²) in [6.07, 6.45) is -0.293. The maximum absolute atomic E-state index is 12.7. The van der Waals surface area contributed by atoms with Gasteiger partial charge in [0, 0.05) is 28.4 Å². The van der Waals surface area contributed by atoms with Gasteiger partial charge in [-0.1, -0.05) is 66.2 Å². The van der Waals surface area contributed by atoms with Crippen LogP contribution in [0.5, 0.6) is 5.75 Å². The van der Waals surface area contributed by atoms with Crippen LogP contribution in [-0.2, 0) is 6.54 Å². The fourth-order valence-electron chi connectivity index (χ4n) is 4.33. The molecular weight excluding hydrogens is 476 g/mol. The minimum atomic E-state index is -1.08. The van der Waals surface area contributed by atoms with Gasteiger partial charge in [-0.15, -0.1) is 0 Å². The lowest BCUT2D eigenvalue weighted by Crippen LogP contribution is -2.29. The van der Waals surface area contributed by atoms with Crippen LogP contribution in [0.15, 0.2) is 97.1 Å². The summed E-state index contributed by atoms with van der Waals surface area (Å²) in [5.74, 6) is -0.683. The molecule has 1 heterocycles. The van der Waals surface area contributed by atoms with Gasteiger partial charge in [0.15, 0.2) is 0 Å². The Morgan fingerprint density at radius 3 is 2.47 bits per heavy atom. The van der Waals surface area contributed by atoms with Crippen molar-refractivity contribution in [3.63, 3.8) is 0 Å². The number of fused-ring (bicyclic) bond motifs is 1.